The summed E-state index contributed by atoms with van der Waals surface area (Å²) in [5.74, 6) is -6.21. The third kappa shape index (κ3) is 3.32. The number of ether oxygens (including phenoxy) is 1. The van der Waals surface area contributed by atoms with E-state index in [9.17, 15) is 26.3 Å². The highest BCUT2D eigenvalue weighted by Gasteiger charge is 2.34. The zero-order valence-electron chi connectivity index (χ0n) is 12.6. The fourth-order valence-electron chi connectivity index (χ4n) is 2.13. The van der Waals surface area contributed by atoms with Crippen LogP contribution in [0.15, 0.2) is 43.0 Å². The zero-order valence-corrected chi connectivity index (χ0v) is 12.6. The maximum atomic E-state index is 14.1. The number of allylic oxidation sites excluding steroid dienone is 1. The molecule has 1 aromatic carbocycles. The van der Waals surface area contributed by atoms with E-state index < -0.39 is 29.7 Å². The van der Waals surface area contributed by atoms with E-state index in [-0.39, 0.29) is 16.9 Å². The molecule has 0 atom stereocenters. The number of nitrogens with zero attached hydrogens (tertiary/aromatic N) is 4. The highest BCUT2D eigenvalue weighted by Crippen LogP contribution is 2.30. The molecule has 0 spiro atoms. The topological polar surface area (TPSA) is 52.3 Å². The first kappa shape index (κ1) is 17.7. The van der Waals surface area contributed by atoms with Gasteiger partial charge in [0.05, 0.1) is 5.69 Å². The van der Waals surface area contributed by atoms with E-state index in [4.69, 9.17) is 0 Å². The quantitative estimate of drug-likeness (QED) is 0.510. The number of benzene rings is 1. The summed E-state index contributed by atoms with van der Waals surface area (Å²) in [4.78, 5) is 0. The van der Waals surface area contributed by atoms with Gasteiger partial charge in [-0.3, -0.25) is 0 Å². The van der Waals surface area contributed by atoms with Crippen molar-refractivity contribution < 1.29 is 31.1 Å². The van der Waals surface area contributed by atoms with Gasteiger partial charge in [-0.15, -0.1) is 23.4 Å². The molecule has 0 fully saturated rings. The molecule has 3 rings (SSSR count). The van der Waals surface area contributed by atoms with Crippen molar-refractivity contribution >= 4 is 5.65 Å². The minimum atomic E-state index is -4.97. The SMILES string of the molecule is C=CC(F)(F)c1nnc2ccc(-c3ccc(OC(F)(F)F)cc3F)nn12. The molecule has 0 aliphatic rings. The van der Waals surface area contributed by atoms with Crippen molar-refractivity contribution in [1.29, 1.82) is 0 Å². The Labute approximate surface area is 141 Å². The maximum Gasteiger partial charge on any atom is 0.573 e. The van der Waals surface area contributed by atoms with E-state index in [0.717, 1.165) is 12.1 Å². The Hall–Kier alpha value is -3.11. The van der Waals surface area contributed by atoms with Gasteiger partial charge in [0.2, 0.25) is 5.82 Å². The number of rotatable bonds is 4. The second-order valence-electron chi connectivity index (χ2n) is 5.03. The van der Waals surface area contributed by atoms with Crippen LogP contribution < -0.4 is 4.74 Å². The Kier molecular flexibility index (Phi) is 4.09. The summed E-state index contributed by atoms with van der Waals surface area (Å²) < 4.78 is 82.6. The third-order valence-corrected chi connectivity index (χ3v) is 3.27. The Morgan fingerprint density at radius 2 is 1.77 bits per heavy atom. The van der Waals surface area contributed by atoms with Crippen LogP contribution >= 0.6 is 0 Å². The molecule has 136 valence electrons. The molecule has 0 saturated heterocycles. The minimum absolute atomic E-state index is 0.0253. The van der Waals surface area contributed by atoms with Crippen molar-refractivity contribution in [3.63, 3.8) is 0 Å². The van der Waals surface area contributed by atoms with E-state index >= 15 is 0 Å². The van der Waals surface area contributed by atoms with Crippen molar-refractivity contribution in [1.82, 2.24) is 19.8 Å². The van der Waals surface area contributed by atoms with E-state index in [1.54, 1.807) is 0 Å². The largest absolute Gasteiger partial charge is 0.573 e. The second-order valence-corrected chi connectivity index (χ2v) is 5.03. The van der Waals surface area contributed by atoms with Crippen LogP contribution in [0.4, 0.5) is 26.3 Å². The Balaban J connectivity index is 2.06. The predicted octanol–water partition coefficient (Wildman–Crippen LogP) is 4.11. The van der Waals surface area contributed by atoms with Gasteiger partial charge in [-0.25, -0.2) is 4.39 Å². The summed E-state index contributed by atoms with van der Waals surface area (Å²) >= 11 is 0. The monoisotopic (exact) mass is 374 g/mol. The first-order valence-electron chi connectivity index (χ1n) is 6.91. The number of fused-ring (bicyclic) bond motifs is 1. The molecule has 0 bridgehead atoms. The van der Waals surface area contributed by atoms with Gasteiger partial charge in [0.1, 0.15) is 11.6 Å². The Morgan fingerprint density at radius 1 is 1.04 bits per heavy atom. The molecule has 5 nitrogen and oxygen atoms in total. The molecule has 26 heavy (non-hydrogen) atoms. The number of alkyl halides is 5. The van der Waals surface area contributed by atoms with Crippen molar-refractivity contribution in [2.75, 3.05) is 0 Å². The molecule has 11 heteroatoms. The van der Waals surface area contributed by atoms with Gasteiger partial charge in [0, 0.05) is 11.6 Å². The number of aromatic nitrogens is 4. The highest BCUT2D eigenvalue weighted by molar-refractivity contribution is 5.62. The molecule has 2 aromatic heterocycles. The summed E-state index contributed by atoms with van der Waals surface area (Å²) in [7, 11) is 0. The average Bonchev–Trinajstić information content (AvgIpc) is 2.97. The van der Waals surface area contributed by atoms with Gasteiger partial charge in [0.15, 0.2) is 5.65 Å². The van der Waals surface area contributed by atoms with E-state index in [1.807, 2.05) is 0 Å². The van der Waals surface area contributed by atoms with Crippen LogP contribution in [0.2, 0.25) is 0 Å². The molecular weight excluding hydrogens is 366 g/mol. The van der Waals surface area contributed by atoms with Crippen LogP contribution in [0.25, 0.3) is 16.9 Å². The lowest BCUT2D eigenvalue weighted by Gasteiger charge is -2.11. The summed E-state index contributed by atoms with van der Waals surface area (Å²) in [6.45, 7) is 3.00. The molecule has 0 radical (unpaired) electrons. The Morgan fingerprint density at radius 3 is 2.38 bits per heavy atom. The third-order valence-electron chi connectivity index (χ3n) is 3.27. The fraction of sp³-hybridized carbons (Fsp3) is 0.133. The van der Waals surface area contributed by atoms with Gasteiger partial charge in [-0.2, -0.15) is 18.4 Å². The molecule has 0 unspecified atom stereocenters. The van der Waals surface area contributed by atoms with E-state index in [0.29, 0.717) is 16.7 Å². The lowest BCUT2D eigenvalue weighted by atomic mass is 10.1. The summed E-state index contributed by atoms with van der Waals surface area (Å²) in [5.41, 5.74) is -0.361. The van der Waals surface area contributed by atoms with Crippen LogP contribution in [0.5, 0.6) is 5.75 Å². The van der Waals surface area contributed by atoms with Gasteiger partial charge in [0.25, 0.3) is 0 Å². The molecule has 0 aliphatic heterocycles. The average molecular weight is 374 g/mol. The van der Waals surface area contributed by atoms with Crippen molar-refractivity contribution in [3.05, 3.63) is 54.6 Å². The highest BCUT2D eigenvalue weighted by atomic mass is 19.4. The van der Waals surface area contributed by atoms with Crippen LogP contribution in [-0.2, 0) is 5.92 Å². The smallest absolute Gasteiger partial charge is 0.406 e. The van der Waals surface area contributed by atoms with E-state index in [2.05, 4.69) is 26.6 Å². The van der Waals surface area contributed by atoms with Crippen LogP contribution in [0.1, 0.15) is 5.82 Å². The number of hydrogen-bond acceptors (Lipinski definition) is 4. The second kappa shape index (κ2) is 6.00. The Bertz CT molecular complexity index is 982. The lowest BCUT2D eigenvalue weighted by Crippen LogP contribution is -2.17. The molecule has 0 aliphatic carbocycles. The lowest BCUT2D eigenvalue weighted by molar-refractivity contribution is -0.274. The molecule has 2 heterocycles. The van der Waals surface area contributed by atoms with Crippen LogP contribution in [0.3, 0.4) is 0 Å². The fourth-order valence-corrected chi connectivity index (χ4v) is 2.13. The first-order chi connectivity index (χ1) is 12.1. The first-order valence-corrected chi connectivity index (χ1v) is 6.91. The molecule has 3 aromatic rings. The van der Waals surface area contributed by atoms with Crippen molar-refractivity contribution in [3.8, 4) is 17.0 Å². The van der Waals surface area contributed by atoms with Crippen LogP contribution in [-0.4, -0.2) is 26.2 Å². The number of halogens is 6. The van der Waals surface area contributed by atoms with Gasteiger partial charge in [-0.1, -0.05) is 6.58 Å². The van der Waals surface area contributed by atoms with Gasteiger partial charge in [-0.05, 0) is 30.3 Å². The predicted molar refractivity (Wildman–Crippen MR) is 77.0 cm³/mol. The summed E-state index contributed by atoms with van der Waals surface area (Å²) in [6.07, 6.45) is -4.62. The van der Waals surface area contributed by atoms with Crippen molar-refractivity contribution in [2.24, 2.45) is 0 Å². The standard InChI is InChI=1S/C15H8F6N4O/c1-2-14(17,18)13-23-22-12-6-5-11(24-25(12)13)9-4-3-8(7-10(9)16)26-15(19,20)21/h2-7H,1H2. The van der Waals surface area contributed by atoms with Gasteiger partial charge < -0.3 is 4.74 Å². The zero-order chi connectivity index (χ0) is 19.1. The molecule has 0 saturated carbocycles. The minimum Gasteiger partial charge on any atom is -0.406 e. The normalized spacial score (nSPS) is 12.4. The molecule has 0 N–H and O–H groups in total. The summed E-state index contributed by atoms with van der Waals surface area (Å²) in [5, 5.41) is 10.7. The van der Waals surface area contributed by atoms with E-state index in [1.165, 1.54) is 12.1 Å². The van der Waals surface area contributed by atoms with Gasteiger partial charge >= 0.3 is 12.3 Å². The maximum absolute atomic E-state index is 14.1. The van der Waals surface area contributed by atoms with Crippen LogP contribution in [0, 0.1) is 5.82 Å². The molecular formula is C15H8F6N4O. The number of hydrogen-bond donors (Lipinski definition) is 0. The van der Waals surface area contributed by atoms with Crippen molar-refractivity contribution in [2.45, 2.75) is 12.3 Å². The molecule has 0 amide bonds. The summed E-state index contributed by atoms with van der Waals surface area (Å²) in [6, 6.07) is 4.91.